The highest BCUT2D eigenvalue weighted by atomic mass is 79.9. The van der Waals surface area contributed by atoms with Crippen molar-refractivity contribution in [3.8, 4) is 0 Å². The number of carbonyl (C=O) groups is 1. The van der Waals surface area contributed by atoms with Crippen molar-refractivity contribution in [3.05, 3.63) is 27.5 Å². The lowest BCUT2D eigenvalue weighted by Crippen LogP contribution is -2.36. The Morgan fingerprint density at radius 3 is 3.00 bits per heavy atom. The normalized spacial score (nSPS) is 18.6. The molecule has 0 aliphatic carbocycles. The first-order chi connectivity index (χ1) is 9.58. The maximum Gasteiger partial charge on any atom is 0.266 e. The van der Waals surface area contributed by atoms with Gasteiger partial charge in [0.15, 0.2) is 0 Å². The number of rotatable bonds is 2. The summed E-state index contributed by atoms with van der Waals surface area (Å²) in [5, 5.41) is 0.960. The highest BCUT2D eigenvalue weighted by Gasteiger charge is 2.27. The molecule has 1 fully saturated rings. The van der Waals surface area contributed by atoms with E-state index in [2.05, 4.69) is 15.9 Å². The Morgan fingerprint density at radius 2 is 2.30 bits per heavy atom. The zero-order valence-corrected chi connectivity index (χ0v) is 14.3. The van der Waals surface area contributed by atoms with Gasteiger partial charge >= 0.3 is 0 Å². The van der Waals surface area contributed by atoms with Gasteiger partial charge in [-0.2, -0.15) is 11.8 Å². The molecule has 1 unspecified atom stereocenters. The third kappa shape index (κ3) is 2.44. The number of nitrogens with zero attached hydrogens (tertiary/aromatic N) is 1. The van der Waals surface area contributed by atoms with Crippen molar-refractivity contribution >= 4 is 60.7 Å². The number of fused-ring (bicyclic) bond motifs is 1. The average molecular weight is 371 g/mol. The predicted molar refractivity (Wildman–Crippen MR) is 91.8 cm³/mol. The van der Waals surface area contributed by atoms with Crippen LogP contribution in [-0.4, -0.2) is 35.4 Å². The van der Waals surface area contributed by atoms with Gasteiger partial charge in [0, 0.05) is 33.4 Å². The maximum absolute atomic E-state index is 12.6. The molecule has 6 heteroatoms. The molecule has 1 aliphatic heterocycles. The molecule has 1 aromatic heterocycles. The van der Waals surface area contributed by atoms with Gasteiger partial charge in [-0.15, -0.1) is 11.3 Å². The van der Waals surface area contributed by atoms with Crippen LogP contribution in [0.15, 0.2) is 22.7 Å². The van der Waals surface area contributed by atoms with E-state index < -0.39 is 0 Å². The monoisotopic (exact) mass is 370 g/mol. The smallest absolute Gasteiger partial charge is 0.266 e. The lowest BCUT2D eigenvalue weighted by atomic mass is 10.2. The van der Waals surface area contributed by atoms with Gasteiger partial charge in [0.05, 0.1) is 5.69 Å². The summed E-state index contributed by atoms with van der Waals surface area (Å²) in [4.78, 5) is 15.2. The van der Waals surface area contributed by atoms with Crippen LogP contribution in [0.1, 0.15) is 16.1 Å². The minimum absolute atomic E-state index is 0.0484. The summed E-state index contributed by atoms with van der Waals surface area (Å²) < 4.78 is 2.04. The van der Waals surface area contributed by atoms with Crippen LogP contribution in [0, 0.1) is 0 Å². The fourth-order valence-electron chi connectivity index (χ4n) is 2.40. The van der Waals surface area contributed by atoms with E-state index in [1.807, 2.05) is 41.9 Å². The largest absolute Gasteiger partial charge is 0.397 e. The fraction of sp³-hybridized carbons (Fsp3) is 0.357. The molecule has 1 saturated heterocycles. The van der Waals surface area contributed by atoms with Crippen molar-refractivity contribution < 1.29 is 4.79 Å². The minimum Gasteiger partial charge on any atom is -0.397 e. The number of thioether (sulfide) groups is 1. The number of carbonyl (C=O) groups excluding carboxylic acids is 1. The highest BCUT2D eigenvalue weighted by molar-refractivity contribution is 9.10. The summed E-state index contributed by atoms with van der Waals surface area (Å²) in [6.45, 7) is 0. The molecule has 1 aliphatic rings. The van der Waals surface area contributed by atoms with Crippen LogP contribution in [0.3, 0.4) is 0 Å². The Kier molecular flexibility index (Phi) is 3.97. The van der Waals surface area contributed by atoms with Gasteiger partial charge in [-0.05, 0) is 30.4 Å². The van der Waals surface area contributed by atoms with Gasteiger partial charge in [-0.25, -0.2) is 0 Å². The van der Waals surface area contributed by atoms with Crippen LogP contribution in [0.25, 0.3) is 10.1 Å². The van der Waals surface area contributed by atoms with Crippen molar-refractivity contribution in [2.45, 2.75) is 12.5 Å². The van der Waals surface area contributed by atoms with Crippen LogP contribution in [0.5, 0.6) is 0 Å². The van der Waals surface area contributed by atoms with Crippen molar-refractivity contribution in [3.63, 3.8) is 0 Å². The summed E-state index contributed by atoms with van der Waals surface area (Å²) >= 11 is 6.84. The minimum atomic E-state index is 0.0484. The fourth-order valence-corrected chi connectivity index (χ4v) is 5.12. The SMILES string of the molecule is CN(C(=O)c1sc2ccc(Br)cc2c1N)C1CCSC1. The molecule has 106 valence electrons. The van der Waals surface area contributed by atoms with Crippen LogP contribution in [0.2, 0.25) is 0 Å². The average Bonchev–Trinajstić information content (AvgIpc) is 3.06. The number of halogens is 1. The lowest BCUT2D eigenvalue weighted by molar-refractivity contribution is 0.0754. The number of hydrogen-bond donors (Lipinski definition) is 1. The van der Waals surface area contributed by atoms with E-state index in [9.17, 15) is 4.79 Å². The van der Waals surface area contributed by atoms with Gasteiger partial charge in [0.25, 0.3) is 5.91 Å². The molecule has 1 aromatic carbocycles. The molecule has 0 spiro atoms. The zero-order chi connectivity index (χ0) is 14.3. The van der Waals surface area contributed by atoms with E-state index in [0.717, 1.165) is 32.5 Å². The van der Waals surface area contributed by atoms with Gasteiger partial charge in [0.2, 0.25) is 0 Å². The quantitative estimate of drug-likeness (QED) is 0.873. The first-order valence-corrected chi connectivity index (χ1v) is 9.17. The van der Waals surface area contributed by atoms with Crippen molar-refractivity contribution in [1.82, 2.24) is 4.90 Å². The van der Waals surface area contributed by atoms with Crippen molar-refractivity contribution in [2.24, 2.45) is 0 Å². The molecular formula is C14H15BrN2OS2. The van der Waals surface area contributed by atoms with Crippen molar-refractivity contribution in [1.29, 1.82) is 0 Å². The topological polar surface area (TPSA) is 46.3 Å². The van der Waals surface area contributed by atoms with Crippen LogP contribution in [0.4, 0.5) is 5.69 Å². The Balaban J connectivity index is 1.96. The Labute approximate surface area is 134 Å². The van der Waals surface area contributed by atoms with E-state index in [1.54, 1.807) is 0 Å². The van der Waals surface area contributed by atoms with Crippen molar-refractivity contribution in [2.75, 3.05) is 24.3 Å². The maximum atomic E-state index is 12.6. The Bertz CT molecular complexity index is 664. The van der Waals surface area contributed by atoms with E-state index >= 15 is 0 Å². The van der Waals surface area contributed by atoms with Crippen LogP contribution >= 0.6 is 39.0 Å². The molecule has 2 heterocycles. The molecule has 20 heavy (non-hydrogen) atoms. The molecule has 3 rings (SSSR count). The number of nitrogens with two attached hydrogens (primary N) is 1. The van der Waals surface area contributed by atoms with Gasteiger partial charge in [-0.3, -0.25) is 4.79 Å². The van der Waals surface area contributed by atoms with Gasteiger partial charge in [-0.1, -0.05) is 15.9 Å². The third-order valence-electron chi connectivity index (χ3n) is 3.66. The summed E-state index contributed by atoms with van der Waals surface area (Å²) in [6, 6.07) is 6.29. The Morgan fingerprint density at radius 1 is 1.50 bits per heavy atom. The molecular weight excluding hydrogens is 356 g/mol. The van der Waals surface area contributed by atoms with E-state index in [1.165, 1.54) is 11.3 Å². The number of nitrogen functional groups attached to an aromatic ring is 1. The lowest BCUT2D eigenvalue weighted by Gasteiger charge is -2.23. The highest BCUT2D eigenvalue weighted by Crippen LogP contribution is 2.36. The first kappa shape index (κ1) is 14.2. The van der Waals surface area contributed by atoms with Gasteiger partial charge in [0.1, 0.15) is 4.88 Å². The number of hydrogen-bond acceptors (Lipinski definition) is 4. The molecule has 3 nitrogen and oxygen atoms in total. The molecule has 1 amide bonds. The summed E-state index contributed by atoms with van der Waals surface area (Å²) in [7, 11) is 1.89. The second-order valence-corrected chi connectivity index (χ2v) is 8.04. The second-order valence-electron chi connectivity index (χ2n) is 4.92. The van der Waals surface area contributed by atoms with E-state index in [4.69, 9.17) is 5.73 Å². The van der Waals surface area contributed by atoms with Crippen LogP contribution in [-0.2, 0) is 0 Å². The number of benzene rings is 1. The summed E-state index contributed by atoms with van der Waals surface area (Å²) in [5.74, 6) is 2.21. The number of amides is 1. The summed E-state index contributed by atoms with van der Waals surface area (Å²) in [5.41, 5.74) is 6.79. The zero-order valence-electron chi connectivity index (χ0n) is 11.1. The molecule has 2 N–H and O–H groups in total. The molecule has 2 aromatic rings. The Hall–Kier alpha value is -0.720. The molecule has 1 atom stereocenters. The molecule has 0 bridgehead atoms. The first-order valence-electron chi connectivity index (χ1n) is 6.40. The molecule has 0 radical (unpaired) electrons. The van der Waals surface area contributed by atoms with E-state index in [0.29, 0.717) is 16.6 Å². The standard InChI is InChI=1S/C14H15BrN2OS2/c1-17(9-4-5-19-7-9)14(18)13-12(16)10-6-8(15)2-3-11(10)20-13/h2-3,6,9H,4-5,7,16H2,1H3. The number of anilines is 1. The second kappa shape index (κ2) is 5.58. The van der Waals surface area contributed by atoms with E-state index in [-0.39, 0.29) is 5.91 Å². The van der Waals surface area contributed by atoms with Gasteiger partial charge < -0.3 is 10.6 Å². The molecule has 0 saturated carbocycles. The predicted octanol–water partition coefficient (Wildman–Crippen LogP) is 3.82. The summed E-state index contributed by atoms with van der Waals surface area (Å²) in [6.07, 6.45) is 1.07. The number of thiophene rings is 1. The van der Waals surface area contributed by atoms with Crippen LogP contribution < -0.4 is 5.73 Å². The third-order valence-corrected chi connectivity index (χ3v) is 6.47.